The Bertz CT molecular complexity index is 309. The molecule has 0 saturated carbocycles. The van der Waals surface area contributed by atoms with Crippen LogP contribution in [0.15, 0.2) is 18.2 Å². The Morgan fingerprint density at radius 1 is 1.50 bits per heavy atom. The molecule has 0 radical (unpaired) electrons. The van der Waals surface area contributed by atoms with Gasteiger partial charge in [-0.2, -0.15) is 0 Å². The number of ether oxygens (including phenoxy) is 1. The summed E-state index contributed by atoms with van der Waals surface area (Å²) in [6, 6.07) is 5.66. The molecule has 3 heteroatoms. The van der Waals surface area contributed by atoms with E-state index in [1.54, 1.807) is 0 Å². The van der Waals surface area contributed by atoms with E-state index in [0.29, 0.717) is 6.41 Å². The first-order valence-electron chi connectivity index (χ1n) is 3.86. The molecule has 1 N–H and O–H groups in total. The molecule has 2 rings (SSSR count). The molecule has 1 aliphatic rings. The van der Waals surface area contributed by atoms with Crippen molar-refractivity contribution in [2.45, 2.75) is 6.42 Å². The zero-order valence-corrected chi connectivity index (χ0v) is 6.54. The minimum atomic E-state index is 0.678. The van der Waals surface area contributed by atoms with Gasteiger partial charge in [-0.25, -0.2) is 0 Å². The van der Waals surface area contributed by atoms with Crippen molar-refractivity contribution in [2.75, 3.05) is 11.9 Å². The van der Waals surface area contributed by atoms with Crippen LogP contribution in [0.5, 0.6) is 5.75 Å². The van der Waals surface area contributed by atoms with Gasteiger partial charge < -0.3 is 10.1 Å². The molecule has 0 spiro atoms. The number of rotatable bonds is 2. The van der Waals surface area contributed by atoms with Crippen molar-refractivity contribution < 1.29 is 9.53 Å². The van der Waals surface area contributed by atoms with Crippen LogP contribution in [0.3, 0.4) is 0 Å². The number of carbonyl (C=O) groups excluding carboxylic acids is 1. The van der Waals surface area contributed by atoms with E-state index in [2.05, 4.69) is 5.32 Å². The van der Waals surface area contributed by atoms with E-state index in [9.17, 15) is 4.79 Å². The summed E-state index contributed by atoms with van der Waals surface area (Å²) in [5.41, 5.74) is 2.00. The van der Waals surface area contributed by atoms with Crippen LogP contribution in [0.4, 0.5) is 5.69 Å². The van der Waals surface area contributed by atoms with E-state index >= 15 is 0 Å². The zero-order valence-electron chi connectivity index (χ0n) is 6.54. The average Bonchev–Trinajstić information content (AvgIpc) is 2.51. The third kappa shape index (κ3) is 1.13. The van der Waals surface area contributed by atoms with Crippen LogP contribution in [0.1, 0.15) is 5.56 Å². The highest BCUT2D eigenvalue weighted by atomic mass is 16.5. The van der Waals surface area contributed by atoms with E-state index < -0.39 is 0 Å². The molecule has 0 unspecified atom stereocenters. The van der Waals surface area contributed by atoms with Crippen LogP contribution in [-0.2, 0) is 11.2 Å². The van der Waals surface area contributed by atoms with Crippen LogP contribution in [-0.4, -0.2) is 13.0 Å². The van der Waals surface area contributed by atoms with Crippen molar-refractivity contribution in [2.24, 2.45) is 0 Å². The van der Waals surface area contributed by atoms with Gasteiger partial charge in [0.05, 0.1) is 6.61 Å². The maximum atomic E-state index is 10.1. The largest absolute Gasteiger partial charge is 0.493 e. The van der Waals surface area contributed by atoms with E-state index in [1.165, 1.54) is 5.56 Å². The Morgan fingerprint density at radius 3 is 3.25 bits per heavy atom. The predicted molar refractivity (Wildman–Crippen MR) is 45.3 cm³/mol. The second-order valence-corrected chi connectivity index (χ2v) is 2.68. The molecule has 0 saturated heterocycles. The van der Waals surface area contributed by atoms with Crippen LogP contribution in [0.2, 0.25) is 0 Å². The Hall–Kier alpha value is -1.51. The van der Waals surface area contributed by atoms with Gasteiger partial charge in [0.1, 0.15) is 5.75 Å². The van der Waals surface area contributed by atoms with Gasteiger partial charge in [-0.1, -0.05) is 0 Å². The summed E-state index contributed by atoms with van der Waals surface area (Å²) < 4.78 is 5.32. The molecule has 0 bridgehead atoms. The van der Waals surface area contributed by atoms with E-state index in [-0.39, 0.29) is 0 Å². The summed E-state index contributed by atoms with van der Waals surface area (Å²) >= 11 is 0. The van der Waals surface area contributed by atoms with Crippen molar-refractivity contribution >= 4 is 12.1 Å². The van der Waals surface area contributed by atoms with Crippen molar-refractivity contribution in [1.82, 2.24) is 0 Å². The van der Waals surface area contributed by atoms with Gasteiger partial charge in [-0.15, -0.1) is 0 Å². The third-order valence-electron chi connectivity index (χ3n) is 1.92. The molecule has 1 aromatic carbocycles. The summed E-state index contributed by atoms with van der Waals surface area (Å²) in [6.07, 6.45) is 1.61. The van der Waals surface area contributed by atoms with Gasteiger partial charge in [-0.3, -0.25) is 4.79 Å². The maximum Gasteiger partial charge on any atom is 0.211 e. The summed E-state index contributed by atoms with van der Waals surface area (Å²) in [5, 5.41) is 2.60. The summed E-state index contributed by atoms with van der Waals surface area (Å²) in [6.45, 7) is 0.750. The quantitative estimate of drug-likeness (QED) is 0.665. The molecule has 0 aliphatic carbocycles. The van der Waals surface area contributed by atoms with Crippen molar-refractivity contribution in [1.29, 1.82) is 0 Å². The monoisotopic (exact) mass is 163 g/mol. The average molecular weight is 163 g/mol. The molecule has 0 aromatic heterocycles. The molecule has 0 atom stereocenters. The number of anilines is 1. The SMILES string of the molecule is O=CNc1ccc2c(c1)CCO2. The van der Waals surface area contributed by atoms with Gasteiger partial charge in [0.15, 0.2) is 0 Å². The van der Waals surface area contributed by atoms with Gasteiger partial charge in [-0.05, 0) is 23.8 Å². The molecule has 62 valence electrons. The Balaban J connectivity index is 2.32. The Morgan fingerprint density at radius 2 is 2.42 bits per heavy atom. The lowest BCUT2D eigenvalue weighted by Crippen LogP contribution is -1.93. The second-order valence-electron chi connectivity index (χ2n) is 2.68. The van der Waals surface area contributed by atoms with Crippen LogP contribution >= 0.6 is 0 Å². The maximum absolute atomic E-state index is 10.1. The van der Waals surface area contributed by atoms with Gasteiger partial charge in [0, 0.05) is 12.1 Å². The molecule has 1 amide bonds. The molecule has 1 aromatic rings. The fourth-order valence-electron chi connectivity index (χ4n) is 1.34. The van der Waals surface area contributed by atoms with Crippen molar-refractivity contribution in [3.05, 3.63) is 23.8 Å². The second kappa shape index (κ2) is 2.85. The molecular formula is C9H9NO2. The van der Waals surface area contributed by atoms with Crippen LogP contribution < -0.4 is 10.1 Å². The smallest absolute Gasteiger partial charge is 0.211 e. The normalized spacial score (nSPS) is 13.3. The van der Waals surface area contributed by atoms with E-state index in [0.717, 1.165) is 24.5 Å². The molecule has 1 aliphatic heterocycles. The first kappa shape index (κ1) is 7.16. The molecular weight excluding hydrogens is 154 g/mol. The lowest BCUT2D eigenvalue weighted by Gasteiger charge is -2.01. The third-order valence-corrected chi connectivity index (χ3v) is 1.92. The van der Waals surface area contributed by atoms with Crippen LogP contribution in [0, 0.1) is 0 Å². The van der Waals surface area contributed by atoms with Crippen molar-refractivity contribution in [3.8, 4) is 5.75 Å². The minimum absolute atomic E-state index is 0.678. The number of nitrogens with one attached hydrogen (secondary N) is 1. The van der Waals surface area contributed by atoms with Crippen molar-refractivity contribution in [3.63, 3.8) is 0 Å². The number of benzene rings is 1. The highest BCUT2D eigenvalue weighted by Gasteiger charge is 2.11. The number of amides is 1. The fourth-order valence-corrected chi connectivity index (χ4v) is 1.34. The Kier molecular flexibility index (Phi) is 1.70. The van der Waals surface area contributed by atoms with Gasteiger partial charge >= 0.3 is 0 Å². The first-order chi connectivity index (χ1) is 5.90. The van der Waals surface area contributed by atoms with Gasteiger partial charge in [0.25, 0.3) is 0 Å². The predicted octanol–water partition coefficient (Wildman–Crippen LogP) is 1.19. The highest BCUT2D eigenvalue weighted by Crippen LogP contribution is 2.27. The number of carbonyl (C=O) groups is 1. The van der Waals surface area contributed by atoms with Crippen LogP contribution in [0.25, 0.3) is 0 Å². The summed E-state index contributed by atoms with van der Waals surface area (Å²) in [4.78, 5) is 10.1. The van der Waals surface area contributed by atoms with E-state index in [1.807, 2.05) is 18.2 Å². The highest BCUT2D eigenvalue weighted by molar-refractivity contribution is 5.72. The molecule has 0 fully saturated rings. The topological polar surface area (TPSA) is 38.3 Å². The number of hydrogen-bond donors (Lipinski definition) is 1. The van der Waals surface area contributed by atoms with E-state index in [4.69, 9.17) is 4.74 Å². The first-order valence-corrected chi connectivity index (χ1v) is 3.86. The lowest BCUT2D eigenvalue weighted by molar-refractivity contribution is -0.105. The molecule has 12 heavy (non-hydrogen) atoms. The van der Waals surface area contributed by atoms with Gasteiger partial charge in [0.2, 0.25) is 6.41 Å². The number of hydrogen-bond acceptors (Lipinski definition) is 2. The minimum Gasteiger partial charge on any atom is -0.493 e. The number of fused-ring (bicyclic) bond motifs is 1. The lowest BCUT2D eigenvalue weighted by atomic mass is 10.1. The summed E-state index contributed by atoms with van der Waals surface area (Å²) in [7, 11) is 0. The standard InChI is InChI=1S/C9H9NO2/c11-6-10-8-1-2-9-7(5-8)3-4-12-9/h1-2,5-6H,3-4H2,(H,10,11). The molecule has 3 nitrogen and oxygen atoms in total. The molecule has 1 heterocycles. The summed E-state index contributed by atoms with van der Waals surface area (Å²) in [5.74, 6) is 0.937. The Labute approximate surface area is 70.3 Å². The zero-order chi connectivity index (χ0) is 8.39. The fraction of sp³-hybridized carbons (Fsp3) is 0.222.